The van der Waals surface area contributed by atoms with Gasteiger partial charge in [0, 0.05) is 36.9 Å². The topological polar surface area (TPSA) is 91.0 Å². The van der Waals surface area contributed by atoms with Gasteiger partial charge in [0.1, 0.15) is 11.4 Å². The molecule has 1 unspecified atom stereocenters. The Morgan fingerprint density at radius 3 is 2.46 bits per heavy atom. The SMILES string of the molecule is Cn1cc(-n2cc(CCC(C)(C)C3CCS(=O)(=O)NC3)c3ccc(-c4ccc(OC(F)(F)F)cc4)nc32)cn1. The summed E-state index contributed by atoms with van der Waals surface area (Å²) in [5, 5.41) is 5.26. The van der Waals surface area contributed by atoms with Gasteiger partial charge in [0.25, 0.3) is 0 Å². The van der Waals surface area contributed by atoms with Crippen LogP contribution in [0.15, 0.2) is 55.0 Å². The molecule has 0 amide bonds. The van der Waals surface area contributed by atoms with Crippen molar-refractivity contribution in [1.82, 2.24) is 24.1 Å². The lowest BCUT2D eigenvalue weighted by Crippen LogP contribution is -2.43. The standard InChI is InChI=1S/C27H30F3N5O3S/c1-26(2,20-11-13-39(36,37)32-14-20)12-10-19-16-35(21-15-31-34(3)17-21)25-23(19)8-9-24(33-25)18-4-6-22(7-5-18)38-27(28,29)30/h4-9,15-17,20,32H,10-14H2,1-3H3. The molecule has 1 atom stereocenters. The molecule has 1 aromatic carbocycles. The molecule has 1 N–H and O–H groups in total. The van der Waals surface area contributed by atoms with Gasteiger partial charge >= 0.3 is 6.36 Å². The molecule has 0 bridgehead atoms. The van der Waals surface area contributed by atoms with E-state index in [1.807, 2.05) is 29.9 Å². The van der Waals surface area contributed by atoms with E-state index in [4.69, 9.17) is 4.98 Å². The van der Waals surface area contributed by atoms with Crippen LogP contribution in [0.2, 0.25) is 0 Å². The van der Waals surface area contributed by atoms with Gasteiger partial charge in [0.2, 0.25) is 10.0 Å². The Hall–Kier alpha value is -3.38. The Morgan fingerprint density at radius 2 is 1.85 bits per heavy atom. The third kappa shape index (κ3) is 6.11. The molecule has 0 saturated carbocycles. The number of nitrogens with zero attached hydrogens (tertiary/aromatic N) is 4. The van der Waals surface area contributed by atoms with Gasteiger partial charge in [-0.25, -0.2) is 18.1 Å². The molecule has 12 heteroatoms. The average molecular weight is 562 g/mol. The molecule has 39 heavy (non-hydrogen) atoms. The minimum atomic E-state index is -4.75. The van der Waals surface area contributed by atoms with E-state index in [1.165, 1.54) is 12.1 Å². The number of nitrogens with one attached hydrogen (secondary N) is 1. The number of alkyl halides is 3. The van der Waals surface area contributed by atoms with Gasteiger partial charge in [-0.2, -0.15) is 5.10 Å². The molecule has 3 aromatic heterocycles. The molecular weight excluding hydrogens is 531 g/mol. The highest BCUT2D eigenvalue weighted by molar-refractivity contribution is 7.89. The maximum Gasteiger partial charge on any atom is 0.573 e. The summed E-state index contributed by atoms with van der Waals surface area (Å²) in [7, 11) is -1.33. The van der Waals surface area contributed by atoms with E-state index in [0.717, 1.165) is 29.5 Å². The number of aromatic nitrogens is 4. The molecular formula is C27H30F3N5O3S. The minimum Gasteiger partial charge on any atom is -0.406 e. The number of pyridine rings is 1. The van der Waals surface area contributed by atoms with E-state index in [2.05, 4.69) is 34.6 Å². The van der Waals surface area contributed by atoms with E-state index in [-0.39, 0.29) is 22.8 Å². The molecule has 0 spiro atoms. The zero-order chi connectivity index (χ0) is 28.0. The molecule has 1 aliphatic rings. The fourth-order valence-electron chi connectivity index (χ4n) is 5.11. The second kappa shape index (κ2) is 9.98. The highest BCUT2D eigenvalue weighted by atomic mass is 32.2. The lowest BCUT2D eigenvalue weighted by molar-refractivity contribution is -0.274. The van der Waals surface area contributed by atoms with Gasteiger partial charge < -0.3 is 4.74 Å². The van der Waals surface area contributed by atoms with E-state index in [9.17, 15) is 21.6 Å². The Morgan fingerprint density at radius 1 is 1.10 bits per heavy atom. The minimum absolute atomic E-state index is 0.0841. The van der Waals surface area contributed by atoms with Crippen LogP contribution in [0.4, 0.5) is 13.2 Å². The predicted octanol–water partition coefficient (Wildman–Crippen LogP) is 5.22. The van der Waals surface area contributed by atoms with Gasteiger partial charge in [-0.3, -0.25) is 9.25 Å². The summed E-state index contributed by atoms with van der Waals surface area (Å²) in [6, 6.07) is 9.49. The maximum atomic E-state index is 12.6. The highest BCUT2D eigenvalue weighted by Gasteiger charge is 2.34. The van der Waals surface area contributed by atoms with Crippen LogP contribution in [0.5, 0.6) is 5.75 Å². The van der Waals surface area contributed by atoms with Gasteiger partial charge in [0.05, 0.1) is 23.3 Å². The van der Waals surface area contributed by atoms with E-state index in [1.54, 1.807) is 23.0 Å². The molecule has 1 saturated heterocycles. The van der Waals surface area contributed by atoms with E-state index in [0.29, 0.717) is 29.9 Å². The molecule has 4 aromatic rings. The molecule has 0 aliphatic carbocycles. The number of benzene rings is 1. The van der Waals surface area contributed by atoms with Crippen molar-refractivity contribution < 1.29 is 26.3 Å². The van der Waals surface area contributed by atoms with Crippen LogP contribution in [0.3, 0.4) is 0 Å². The Labute approximate surface area is 224 Å². The smallest absolute Gasteiger partial charge is 0.406 e. The Bertz CT molecular complexity index is 1580. The van der Waals surface area contributed by atoms with Crippen LogP contribution in [0, 0.1) is 11.3 Å². The van der Waals surface area contributed by atoms with Crippen molar-refractivity contribution in [3.63, 3.8) is 0 Å². The van der Waals surface area contributed by atoms with Gasteiger partial charge in [-0.05, 0) is 72.6 Å². The van der Waals surface area contributed by atoms with Gasteiger partial charge in [-0.15, -0.1) is 13.2 Å². The van der Waals surface area contributed by atoms with Crippen LogP contribution in [0.1, 0.15) is 32.3 Å². The lowest BCUT2D eigenvalue weighted by atomic mass is 9.73. The number of rotatable bonds is 7. The fourth-order valence-corrected chi connectivity index (χ4v) is 6.31. The first-order valence-electron chi connectivity index (χ1n) is 12.6. The number of halogens is 3. The second-order valence-corrected chi connectivity index (χ2v) is 12.6. The van der Waals surface area contributed by atoms with Crippen LogP contribution < -0.4 is 9.46 Å². The zero-order valence-electron chi connectivity index (χ0n) is 21.9. The molecule has 4 heterocycles. The highest BCUT2D eigenvalue weighted by Crippen LogP contribution is 2.37. The maximum absolute atomic E-state index is 12.6. The zero-order valence-corrected chi connectivity index (χ0v) is 22.7. The average Bonchev–Trinajstić information content (AvgIpc) is 3.45. The van der Waals surface area contributed by atoms with Crippen LogP contribution in [-0.4, -0.2) is 46.4 Å². The summed E-state index contributed by atoms with van der Waals surface area (Å²) in [4.78, 5) is 4.89. The molecule has 1 fully saturated rings. The van der Waals surface area contributed by atoms with Crippen molar-refractivity contribution in [2.24, 2.45) is 18.4 Å². The first-order chi connectivity index (χ1) is 18.3. The lowest BCUT2D eigenvalue weighted by Gasteiger charge is -2.37. The Balaban J connectivity index is 1.45. The molecule has 208 valence electrons. The third-order valence-corrected chi connectivity index (χ3v) is 8.90. The monoisotopic (exact) mass is 561 g/mol. The number of fused-ring (bicyclic) bond motifs is 1. The Kier molecular flexibility index (Phi) is 6.96. The summed E-state index contributed by atoms with van der Waals surface area (Å²) in [6.45, 7) is 4.81. The summed E-state index contributed by atoms with van der Waals surface area (Å²) in [5.74, 6) is 0.0979. The summed E-state index contributed by atoms with van der Waals surface area (Å²) in [6.07, 6.45) is 3.20. The van der Waals surface area contributed by atoms with Gasteiger partial charge in [-0.1, -0.05) is 13.8 Å². The van der Waals surface area contributed by atoms with Crippen LogP contribution in [0.25, 0.3) is 28.0 Å². The summed E-state index contributed by atoms with van der Waals surface area (Å²) < 4.78 is 71.6. The molecule has 1 aliphatic heterocycles. The molecule has 0 radical (unpaired) electrons. The van der Waals surface area contributed by atoms with E-state index < -0.39 is 16.4 Å². The number of hydrogen-bond acceptors (Lipinski definition) is 5. The van der Waals surface area contributed by atoms with Crippen molar-refractivity contribution >= 4 is 21.1 Å². The number of sulfonamides is 1. The number of aryl methyl sites for hydroxylation is 2. The quantitative estimate of drug-likeness (QED) is 0.334. The number of hydrogen-bond donors (Lipinski definition) is 1. The summed E-state index contributed by atoms with van der Waals surface area (Å²) >= 11 is 0. The number of ether oxygens (including phenoxy) is 1. The fraction of sp³-hybridized carbons (Fsp3) is 0.407. The normalized spacial score (nSPS) is 17.9. The van der Waals surface area contributed by atoms with Crippen molar-refractivity contribution in [1.29, 1.82) is 0 Å². The molecule has 8 nitrogen and oxygen atoms in total. The largest absolute Gasteiger partial charge is 0.573 e. The third-order valence-electron chi connectivity index (χ3n) is 7.52. The van der Waals surface area contributed by atoms with Crippen LogP contribution in [-0.2, 0) is 23.5 Å². The van der Waals surface area contributed by atoms with Crippen molar-refractivity contribution in [2.75, 3.05) is 12.3 Å². The first kappa shape index (κ1) is 27.2. The summed E-state index contributed by atoms with van der Waals surface area (Å²) in [5.41, 5.74) is 3.85. The van der Waals surface area contributed by atoms with E-state index >= 15 is 0 Å². The van der Waals surface area contributed by atoms with Crippen molar-refractivity contribution in [2.45, 2.75) is 39.5 Å². The van der Waals surface area contributed by atoms with Gasteiger partial charge in [0.15, 0.2) is 0 Å². The van der Waals surface area contributed by atoms with Crippen LogP contribution >= 0.6 is 0 Å². The predicted molar refractivity (Wildman–Crippen MR) is 142 cm³/mol. The second-order valence-electron chi connectivity index (χ2n) is 10.7. The molecule has 5 rings (SSSR count). The first-order valence-corrected chi connectivity index (χ1v) is 14.3. The van der Waals surface area contributed by atoms with Crippen molar-refractivity contribution in [3.8, 4) is 22.7 Å². The van der Waals surface area contributed by atoms with Crippen molar-refractivity contribution in [3.05, 3.63) is 60.6 Å².